The summed E-state index contributed by atoms with van der Waals surface area (Å²) in [6.07, 6.45) is 0. The fourth-order valence-corrected chi connectivity index (χ4v) is 6.51. The molecule has 8 nitrogen and oxygen atoms in total. The van der Waals surface area contributed by atoms with Gasteiger partial charge in [-0.3, -0.25) is 0 Å². The number of hydrogen-bond donors (Lipinski definition) is 0. The first-order valence-electron chi connectivity index (χ1n) is 6.01. The Morgan fingerprint density at radius 1 is 0.667 bits per heavy atom. The maximum atomic E-state index is 12.6. The zero-order chi connectivity index (χ0) is 19.2. The SMILES string of the molecule is O=S(=O)([O-])c1c(Cl)ccc(S(=O)(=O)c2ccc(Cl)cc2)c1S(=O)(=O)[O-].[K+].[K+]. The van der Waals surface area contributed by atoms with Crippen molar-refractivity contribution in [2.75, 3.05) is 0 Å². The van der Waals surface area contributed by atoms with E-state index in [1.165, 1.54) is 12.1 Å². The van der Waals surface area contributed by atoms with Gasteiger partial charge >= 0.3 is 103 Å². The zero-order valence-electron chi connectivity index (χ0n) is 13.7. The molecule has 0 fully saturated rings. The maximum Gasteiger partial charge on any atom is 1.00 e. The van der Waals surface area contributed by atoms with Gasteiger partial charge < -0.3 is 9.11 Å². The van der Waals surface area contributed by atoms with E-state index in [4.69, 9.17) is 23.2 Å². The van der Waals surface area contributed by atoms with Gasteiger partial charge in [0.1, 0.15) is 20.2 Å². The van der Waals surface area contributed by atoms with Crippen molar-refractivity contribution >= 4 is 53.3 Å². The summed E-state index contributed by atoms with van der Waals surface area (Å²) < 4.78 is 93.7. The van der Waals surface area contributed by atoms with Crippen LogP contribution in [0.15, 0.2) is 56.0 Å². The Kier molecular flexibility index (Phi) is 11.4. The van der Waals surface area contributed by atoms with Crippen molar-refractivity contribution in [2.45, 2.75) is 19.6 Å². The Balaban J connectivity index is 0.00000338. The van der Waals surface area contributed by atoms with E-state index in [1.807, 2.05) is 0 Å². The van der Waals surface area contributed by atoms with E-state index in [0.29, 0.717) is 12.1 Å². The molecule has 0 saturated carbocycles. The summed E-state index contributed by atoms with van der Waals surface area (Å²) in [6.45, 7) is 0. The van der Waals surface area contributed by atoms with Gasteiger partial charge in [0.25, 0.3) is 0 Å². The van der Waals surface area contributed by atoms with Crippen molar-refractivity contribution in [2.24, 2.45) is 0 Å². The van der Waals surface area contributed by atoms with Gasteiger partial charge in [0, 0.05) is 5.02 Å². The Labute approximate surface area is 251 Å². The van der Waals surface area contributed by atoms with E-state index in [-0.39, 0.29) is 108 Å². The van der Waals surface area contributed by atoms with E-state index in [0.717, 1.165) is 12.1 Å². The predicted molar refractivity (Wildman–Crippen MR) is 84.3 cm³/mol. The second-order valence-electron chi connectivity index (χ2n) is 4.57. The van der Waals surface area contributed by atoms with E-state index >= 15 is 0 Å². The van der Waals surface area contributed by atoms with Crippen LogP contribution in [0.2, 0.25) is 10.0 Å². The van der Waals surface area contributed by atoms with E-state index in [2.05, 4.69) is 0 Å². The Morgan fingerprint density at radius 2 is 1.11 bits per heavy atom. The quantitative estimate of drug-likeness (QED) is 0.288. The van der Waals surface area contributed by atoms with Crippen LogP contribution in [0.4, 0.5) is 0 Å². The standard InChI is InChI=1S/C12H8Cl2O8S3.2K/c13-7-1-3-8(4-2-7)23(15,16)10-6-5-9(14)11(24(17,18)19)12(10)25(20,21)22;;/h1-6H,(H,17,18,19)(H,20,21,22);;/q;2*+1/p-2. The first-order chi connectivity index (χ1) is 11.3. The van der Waals surface area contributed by atoms with Crippen LogP contribution < -0.4 is 103 Å². The molecule has 0 aliphatic carbocycles. The van der Waals surface area contributed by atoms with E-state index < -0.39 is 54.7 Å². The van der Waals surface area contributed by atoms with E-state index in [1.54, 1.807) is 0 Å². The van der Waals surface area contributed by atoms with Crippen LogP contribution in [0.1, 0.15) is 0 Å². The monoisotopic (exact) mass is 522 g/mol. The molecule has 0 unspecified atom stereocenters. The summed E-state index contributed by atoms with van der Waals surface area (Å²) in [4.78, 5) is -4.98. The van der Waals surface area contributed by atoms with Gasteiger partial charge in [-0.25, -0.2) is 25.3 Å². The number of rotatable bonds is 4. The molecule has 0 bridgehead atoms. The van der Waals surface area contributed by atoms with Crippen molar-refractivity contribution in [3.05, 3.63) is 46.4 Å². The molecule has 27 heavy (non-hydrogen) atoms. The van der Waals surface area contributed by atoms with Gasteiger partial charge in [-0.15, -0.1) is 0 Å². The van der Waals surface area contributed by atoms with Crippen LogP contribution in [-0.4, -0.2) is 34.4 Å². The largest absolute Gasteiger partial charge is 1.00 e. The molecule has 2 rings (SSSR count). The first-order valence-corrected chi connectivity index (χ1v) is 11.1. The molecule has 0 aliphatic rings. The summed E-state index contributed by atoms with van der Waals surface area (Å²) in [5.74, 6) is 0. The minimum absolute atomic E-state index is 0. The molecule has 2 aromatic carbocycles. The third-order valence-corrected chi connectivity index (χ3v) is 7.54. The average Bonchev–Trinajstić information content (AvgIpc) is 2.44. The third-order valence-electron chi connectivity index (χ3n) is 2.94. The summed E-state index contributed by atoms with van der Waals surface area (Å²) in [7, 11) is -15.9. The van der Waals surface area contributed by atoms with Crippen LogP contribution in [0, 0.1) is 0 Å². The van der Waals surface area contributed by atoms with Crippen LogP contribution in [0.3, 0.4) is 0 Å². The molecule has 0 aromatic heterocycles. The molecule has 0 N–H and O–H groups in total. The molecule has 0 aliphatic heterocycles. The van der Waals surface area contributed by atoms with Crippen molar-refractivity contribution in [3.8, 4) is 0 Å². The molecule has 2 aromatic rings. The minimum Gasteiger partial charge on any atom is -0.744 e. The minimum atomic E-state index is -5.69. The fourth-order valence-electron chi connectivity index (χ4n) is 1.94. The number of halogens is 2. The molecular formula is C12H6Cl2K2O8S3. The van der Waals surface area contributed by atoms with Crippen LogP contribution in [-0.2, 0) is 30.1 Å². The van der Waals surface area contributed by atoms with Gasteiger partial charge in [0.15, 0.2) is 0 Å². The van der Waals surface area contributed by atoms with Gasteiger partial charge in [-0.05, 0) is 36.4 Å². The number of benzene rings is 2. The number of sulfone groups is 1. The molecule has 0 heterocycles. The van der Waals surface area contributed by atoms with Gasteiger partial charge in [-0.2, -0.15) is 0 Å². The van der Waals surface area contributed by atoms with Crippen molar-refractivity contribution < 1.29 is 137 Å². The smallest absolute Gasteiger partial charge is 0.744 e. The van der Waals surface area contributed by atoms with Gasteiger partial charge in [0.2, 0.25) is 9.84 Å². The maximum absolute atomic E-state index is 12.6. The molecule has 15 heteroatoms. The Hall–Kier alpha value is 2.06. The Bertz CT molecular complexity index is 1160. The second kappa shape index (κ2) is 10.6. The Morgan fingerprint density at radius 3 is 1.52 bits per heavy atom. The van der Waals surface area contributed by atoms with Crippen molar-refractivity contribution in [3.63, 3.8) is 0 Å². The molecular weight excluding hydrogens is 517 g/mol. The van der Waals surface area contributed by atoms with Crippen LogP contribution >= 0.6 is 23.2 Å². The van der Waals surface area contributed by atoms with Crippen LogP contribution in [0.25, 0.3) is 0 Å². The third kappa shape index (κ3) is 6.77. The van der Waals surface area contributed by atoms with Gasteiger partial charge in [0.05, 0.1) is 24.6 Å². The first kappa shape index (κ1) is 29.1. The van der Waals surface area contributed by atoms with Gasteiger partial charge in [-0.1, -0.05) is 23.2 Å². The summed E-state index contributed by atoms with van der Waals surface area (Å²) >= 11 is 11.2. The summed E-state index contributed by atoms with van der Waals surface area (Å²) in [5.41, 5.74) is 0. The fraction of sp³-hybridized carbons (Fsp3) is 0. The predicted octanol–water partition coefficient (Wildman–Crippen LogP) is -4.36. The normalized spacial score (nSPS) is 12.0. The molecule has 0 amide bonds. The van der Waals surface area contributed by atoms with Crippen LogP contribution in [0.5, 0.6) is 0 Å². The zero-order valence-corrected chi connectivity index (χ0v) is 23.9. The second-order valence-corrected chi connectivity index (χ2v) is 9.96. The molecule has 136 valence electrons. The molecule has 0 spiro atoms. The molecule has 0 radical (unpaired) electrons. The number of hydrogen-bond acceptors (Lipinski definition) is 8. The summed E-state index contributed by atoms with van der Waals surface area (Å²) in [6, 6.07) is 5.72. The van der Waals surface area contributed by atoms with E-state index in [9.17, 15) is 34.4 Å². The van der Waals surface area contributed by atoms with Crippen molar-refractivity contribution in [1.29, 1.82) is 0 Å². The topological polar surface area (TPSA) is 149 Å². The molecule has 0 atom stereocenters. The van der Waals surface area contributed by atoms with Crippen molar-refractivity contribution in [1.82, 2.24) is 0 Å². The molecule has 0 saturated heterocycles. The summed E-state index contributed by atoms with van der Waals surface area (Å²) in [5, 5.41) is -0.714. The average molecular weight is 523 g/mol.